The van der Waals surface area contributed by atoms with Crippen LogP contribution >= 0.6 is 0 Å². The number of hydrogen-bond acceptors (Lipinski definition) is 5. The Morgan fingerprint density at radius 3 is 2.74 bits per heavy atom. The van der Waals surface area contributed by atoms with Gasteiger partial charge in [0.15, 0.2) is 17.8 Å². The second-order valence-corrected chi connectivity index (χ2v) is 7.85. The van der Waals surface area contributed by atoms with E-state index < -0.39 is 19.2 Å². The van der Waals surface area contributed by atoms with Gasteiger partial charge < -0.3 is 14.7 Å². The van der Waals surface area contributed by atoms with Crippen molar-refractivity contribution in [2.45, 2.75) is 57.5 Å². The lowest BCUT2D eigenvalue weighted by atomic mass is 9.88. The number of halogens is 3. The Bertz CT molecular complexity index is 856. The maximum Gasteiger partial charge on any atom is 0.392 e. The molecule has 5 heterocycles. The van der Waals surface area contributed by atoms with Crippen LogP contribution in [-0.4, -0.2) is 63.6 Å². The van der Waals surface area contributed by atoms with Gasteiger partial charge in [-0.15, -0.1) is 0 Å². The van der Waals surface area contributed by atoms with E-state index in [1.54, 1.807) is 0 Å². The van der Waals surface area contributed by atoms with E-state index in [0.29, 0.717) is 12.6 Å². The summed E-state index contributed by atoms with van der Waals surface area (Å²) < 4.78 is 43.3. The smallest absolute Gasteiger partial charge is 0.392 e. The molecule has 4 aliphatic rings. The molecule has 0 amide bonds. The molecule has 4 unspecified atom stereocenters. The van der Waals surface area contributed by atoms with Gasteiger partial charge in [-0.05, 0) is 13.3 Å². The fourth-order valence-electron chi connectivity index (χ4n) is 5.33. The van der Waals surface area contributed by atoms with E-state index in [2.05, 4.69) is 14.9 Å². The van der Waals surface area contributed by atoms with Crippen LogP contribution in [0.25, 0.3) is 0 Å². The molecule has 5 rings (SSSR count). The number of ether oxygens (including phenoxy) is 1. The van der Waals surface area contributed by atoms with Gasteiger partial charge in [0.05, 0.1) is 25.9 Å². The SMILES string of the molecule is CCc1c(C)nc(OCCC(F)(F)F)nc1N1CC2CC3=C4C(O)C(C1)[N+]342. The van der Waals surface area contributed by atoms with Crippen molar-refractivity contribution < 1.29 is 27.5 Å². The maximum atomic E-state index is 12.4. The molecular weight excluding hydrogens is 361 g/mol. The summed E-state index contributed by atoms with van der Waals surface area (Å²) in [6.07, 6.45) is -3.90. The predicted molar refractivity (Wildman–Crippen MR) is 90.0 cm³/mol. The number of nitrogens with zero attached hydrogens (tertiary/aromatic N) is 4. The van der Waals surface area contributed by atoms with E-state index >= 15 is 0 Å². The minimum atomic E-state index is -4.27. The molecule has 6 nitrogen and oxygen atoms in total. The highest BCUT2D eigenvalue weighted by Gasteiger charge is 2.86. The molecule has 27 heavy (non-hydrogen) atoms. The number of aliphatic hydroxyl groups excluding tert-OH is 1. The van der Waals surface area contributed by atoms with E-state index in [-0.39, 0.29) is 18.2 Å². The standard InChI is InChI=1S/C18H22F3N4O2/c1-3-11-9(2)22-17(27-5-4-18(19,20)21)23-16(11)24-7-10-6-12-14-15(26)13(8-24)25(10,12)14/h10,13,15,26H,3-8H2,1-2H3/q+1. The van der Waals surface area contributed by atoms with Crippen molar-refractivity contribution in [3.05, 3.63) is 22.7 Å². The summed E-state index contributed by atoms with van der Waals surface area (Å²) in [7, 11) is 0. The number of aliphatic hydroxyl groups is 1. The topological polar surface area (TPSA) is 58.5 Å². The van der Waals surface area contributed by atoms with Crippen LogP contribution in [0.1, 0.15) is 31.0 Å². The second kappa shape index (κ2) is 5.35. The third kappa shape index (κ3) is 2.21. The van der Waals surface area contributed by atoms with Crippen molar-refractivity contribution in [1.29, 1.82) is 0 Å². The summed E-state index contributed by atoms with van der Waals surface area (Å²) in [4.78, 5) is 10.9. The van der Waals surface area contributed by atoms with E-state index in [4.69, 9.17) is 4.74 Å². The number of hydrogen-bond donors (Lipinski definition) is 1. The van der Waals surface area contributed by atoms with Crippen molar-refractivity contribution in [2.75, 3.05) is 24.6 Å². The average molecular weight is 383 g/mol. The van der Waals surface area contributed by atoms with Gasteiger partial charge >= 0.3 is 12.2 Å². The zero-order valence-corrected chi connectivity index (χ0v) is 15.3. The number of aromatic nitrogens is 2. The van der Waals surface area contributed by atoms with Gasteiger partial charge in [0.25, 0.3) is 0 Å². The molecule has 1 spiro atoms. The first-order valence-electron chi connectivity index (χ1n) is 9.40. The Kier molecular flexibility index (Phi) is 3.42. The minimum absolute atomic E-state index is 0.00702. The Labute approximate surface area is 154 Å². The molecule has 0 radical (unpaired) electrons. The van der Waals surface area contributed by atoms with Gasteiger partial charge in [-0.1, -0.05) is 6.92 Å². The number of rotatable bonds is 5. The first-order chi connectivity index (χ1) is 12.8. The molecule has 3 fully saturated rings. The Balaban J connectivity index is 1.38. The molecule has 4 aliphatic heterocycles. The van der Waals surface area contributed by atoms with Gasteiger partial charge in [0, 0.05) is 11.3 Å². The molecule has 1 aromatic heterocycles. The van der Waals surface area contributed by atoms with Crippen LogP contribution in [0.5, 0.6) is 6.01 Å². The largest absolute Gasteiger partial charge is 0.463 e. The zero-order valence-electron chi connectivity index (χ0n) is 15.3. The summed E-state index contributed by atoms with van der Waals surface area (Å²) in [5.41, 5.74) is 4.37. The molecule has 3 saturated heterocycles. The van der Waals surface area contributed by atoms with Crippen LogP contribution < -0.4 is 9.64 Å². The lowest BCUT2D eigenvalue weighted by molar-refractivity contribution is -0.911. The van der Waals surface area contributed by atoms with Gasteiger partial charge in [-0.2, -0.15) is 18.2 Å². The average Bonchev–Trinajstić information content (AvgIpc) is 3.00. The molecule has 1 N–H and O–H groups in total. The minimum Gasteiger partial charge on any atom is -0.463 e. The molecule has 0 aromatic carbocycles. The van der Waals surface area contributed by atoms with Gasteiger partial charge in [0.2, 0.25) is 5.70 Å². The van der Waals surface area contributed by atoms with Gasteiger partial charge in [0.1, 0.15) is 18.5 Å². The Morgan fingerprint density at radius 2 is 2.07 bits per heavy atom. The van der Waals surface area contributed by atoms with Crippen molar-refractivity contribution in [1.82, 2.24) is 9.97 Å². The van der Waals surface area contributed by atoms with E-state index in [9.17, 15) is 18.3 Å². The van der Waals surface area contributed by atoms with E-state index in [1.165, 1.54) is 11.4 Å². The normalized spacial score (nSPS) is 33.1. The monoisotopic (exact) mass is 383 g/mol. The zero-order chi connectivity index (χ0) is 19.1. The van der Waals surface area contributed by atoms with Crippen molar-refractivity contribution >= 4 is 5.82 Å². The summed E-state index contributed by atoms with van der Waals surface area (Å²) >= 11 is 0. The van der Waals surface area contributed by atoms with Crippen LogP contribution in [0.4, 0.5) is 19.0 Å². The molecular formula is C18H22F3N4O2+. The lowest BCUT2D eigenvalue weighted by Crippen LogP contribution is -2.75. The number of aryl methyl sites for hydroxylation is 1. The fourth-order valence-corrected chi connectivity index (χ4v) is 5.33. The number of anilines is 1. The molecule has 1 aromatic rings. The van der Waals surface area contributed by atoms with Gasteiger partial charge in [-0.3, -0.25) is 0 Å². The van der Waals surface area contributed by atoms with Crippen LogP contribution in [0, 0.1) is 6.92 Å². The van der Waals surface area contributed by atoms with Crippen molar-refractivity contribution in [3.63, 3.8) is 0 Å². The number of piperazine rings is 1. The fraction of sp³-hybridized carbons (Fsp3) is 0.667. The summed E-state index contributed by atoms with van der Waals surface area (Å²) in [5.74, 6) is 0.737. The van der Waals surface area contributed by atoms with Crippen LogP contribution in [0.15, 0.2) is 11.4 Å². The lowest BCUT2D eigenvalue weighted by Gasteiger charge is -2.56. The quantitative estimate of drug-likeness (QED) is 0.789. The molecule has 0 aliphatic carbocycles. The van der Waals surface area contributed by atoms with Crippen LogP contribution in [0.2, 0.25) is 0 Å². The molecule has 146 valence electrons. The second-order valence-electron chi connectivity index (χ2n) is 7.85. The summed E-state index contributed by atoms with van der Waals surface area (Å²) in [5, 5.41) is 10.4. The first-order valence-corrected chi connectivity index (χ1v) is 9.40. The summed E-state index contributed by atoms with van der Waals surface area (Å²) in [6.45, 7) is 4.88. The summed E-state index contributed by atoms with van der Waals surface area (Å²) in [6, 6.07) is 0.621. The third-order valence-electron chi connectivity index (χ3n) is 6.54. The van der Waals surface area contributed by atoms with Crippen molar-refractivity contribution in [3.8, 4) is 6.01 Å². The highest BCUT2D eigenvalue weighted by atomic mass is 19.4. The van der Waals surface area contributed by atoms with Crippen LogP contribution in [-0.2, 0) is 6.42 Å². The van der Waals surface area contributed by atoms with E-state index in [0.717, 1.165) is 40.9 Å². The molecule has 0 saturated carbocycles. The Hall–Kier alpha value is -1.87. The molecule has 9 heteroatoms. The Morgan fingerprint density at radius 1 is 1.30 bits per heavy atom. The highest BCUT2D eigenvalue weighted by molar-refractivity contribution is 5.53. The number of alkyl halides is 3. The molecule has 0 bridgehead atoms. The van der Waals surface area contributed by atoms with E-state index in [1.807, 2.05) is 13.8 Å². The first kappa shape index (κ1) is 17.2. The molecule has 4 atom stereocenters. The highest BCUT2D eigenvalue weighted by Crippen LogP contribution is 2.71. The predicted octanol–water partition coefficient (Wildman–Crippen LogP) is 2.06. The van der Waals surface area contributed by atoms with Crippen molar-refractivity contribution in [2.24, 2.45) is 0 Å². The van der Waals surface area contributed by atoms with Crippen LogP contribution in [0.3, 0.4) is 0 Å². The van der Waals surface area contributed by atoms with Gasteiger partial charge in [-0.25, -0.2) is 9.47 Å². The number of quaternary nitrogens is 1. The maximum absolute atomic E-state index is 12.4. The third-order valence-corrected chi connectivity index (χ3v) is 6.54.